The molecule has 19 heavy (non-hydrogen) atoms. The minimum Gasteiger partial charge on any atom is -0.383 e. The molecule has 0 aliphatic rings. The zero-order valence-corrected chi connectivity index (χ0v) is 12.0. The number of nitrogens with two attached hydrogens (primary N) is 1. The molecule has 5 heteroatoms. The van der Waals surface area contributed by atoms with E-state index in [-0.39, 0.29) is 0 Å². The Hall–Kier alpha value is -1.37. The molecule has 0 amide bonds. The van der Waals surface area contributed by atoms with Gasteiger partial charge in [0.2, 0.25) is 0 Å². The molecular weight excluding hydrogens is 258 g/mol. The Morgan fingerprint density at radius 2 is 2.26 bits per heavy atom. The van der Waals surface area contributed by atoms with Gasteiger partial charge in [-0.15, -0.1) is 11.3 Å². The molecule has 0 fully saturated rings. The van der Waals surface area contributed by atoms with Crippen LogP contribution in [0.25, 0.3) is 0 Å². The van der Waals surface area contributed by atoms with Gasteiger partial charge in [-0.05, 0) is 12.1 Å². The van der Waals surface area contributed by atoms with E-state index in [0.29, 0.717) is 19.6 Å². The summed E-state index contributed by atoms with van der Waals surface area (Å²) in [5.74, 6) is 5.88. The van der Waals surface area contributed by atoms with Gasteiger partial charge in [0.15, 0.2) is 0 Å². The van der Waals surface area contributed by atoms with Gasteiger partial charge in [-0.3, -0.25) is 4.90 Å². The van der Waals surface area contributed by atoms with Gasteiger partial charge in [0.1, 0.15) is 0 Å². The van der Waals surface area contributed by atoms with Crippen molar-refractivity contribution in [3.8, 4) is 17.9 Å². The molecule has 2 N–H and O–H groups in total. The van der Waals surface area contributed by atoms with Gasteiger partial charge in [-0.1, -0.05) is 11.8 Å². The van der Waals surface area contributed by atoms with Crippen LogP contribution in [0.1, 0.15) is 16.2 Å². The lowest BCUT2D eigenvalue weighted by Crippen LogP contribution is -2.27. The van der Waals surface area contributed by atoms with Crippen molar-refractivity contribution in [3.05, 3.63) is 21.9 Å². The molecule has 0 bridgehead atoms. The third kappa shape index (κ3) is 6.37. The van der Waals surface area contributed by atoms with E-state index in [2.05, 4.69) is 28.9 Å². The number of hydrogen-bond acceptors (Lipinski definition) is 5. The molecule has 1 heterocycles. The van der Waals surface area contributed by atoms with Crippen molar-refractivity contribution < 1.29 is 4.74 Å². The van der Waals surface area contributed by atoms with Crippen molar-refractivity contribution in [2.24, 2.45) is 5.73 Å². The molecule has 0 saturated carbocycles. The molecule has 0 radical (unpaired) electrons. The third-order valence-corrected chi connectivity index (χ3v) is 3.49. The maximum Gasteiger partial charge on any atom is 0.0772 e. The highest BCUT2D eigenvalue weighted by molar-refractivity contribution is 7.12. The third-order valence-electron chi connectivity index (χ3n) is 2.51. The lowest BCUT2D eigenvalue weighted by Gasteiger charge is -2.19. The van der Waals surface area contributed by atoms with E-state index in [4.69, 9.17) is 15.7 Å². The van der Waals surface area contributed by atoms with Gasteiger partial charge in [0, 0.05) is 38.0 Å². The molecular formula is C14H19N3OS. The highest BCUT2D eigenvalue weighted by Crippen LogP contribution is 2.17. The Bertz CT molecular complexity index is 467. The summed E-state index contributed by atoms with van der Waals surface area (Å²) in [6.45, 7) is 3.49. The summed E-state index contributed by atoms with van der Waals surface area (Å²) < 4.78 is 5.09. The molecule has 0 atom stereocenters. The SMILES string of the molecule is COCCN(CCC#N)Cc1ccc(C#CCN)s1. The first-order valence-corrected chi connectivity index (χ1v) is 6.97. The van der Waals surface area contributed by atoms with Crippen molar-refractivity contribution in [1.29, 1.82) is 5.26 Å². The molecule has 0 unspecified atom stereocenters. The summed E-state index contributed by atoms with van der Waals surface area (Å²) in [6.07, 6.45) is 0.537. The van der Waals surface area contributed by atoms with Crippen LogP contribution in [0.3, 0.4) is 0 Å². The minimum absolute atomic E-state index is 0.384. The van der Waals surface area contributed by atoms with Crippen LogP contribution < -0.4 is 5.73 Å². The quantitative estimate of drug-likeness (QED) is 0.766. The van der Waals surface area contributed by atoms with E-state index in [1.165, 1.54) is 4.88 Å². The van der Waals surface area contributed by atoms with E-state index in [0.717, 1.165) is 24.5 Å². The molecule has 0 aliphatic carbocycles. The number of rotatable bonds is 7. The standard InChI is InChI=1S/C14H19N3OS/c1-18-11-10-17(9-3-8-16)12-14-6-5-13(19-14)4-2-7-15/h5-6H,3,7,9-12,15H2,1H3. The van der Waals surface area contributed by atoms with E-state index in [1.807, 2.05) is 6.07 Å². The van der Waals surface area contributed by atoms with Gasteiger partial charge >= 0.3 is 0 Å². The first kappa shape index (κ1) is 15.7. The lowest BCUT2D eigenvalue weighted by molar-refractivity contribution is 0.146. The van der Waals surface area contributed by atoms with E-state index in [1.54, 1.807) is 18.4 Å². The fourth-order valence-electron chi connectivity index (χ4n) is 1.59. The summed E-state index contributed by atoms with van der Waals surface area (Å²) in [5, 5.41) is 8.67. The van der Waals surface area contributed by atoms with Crippen LogP contribution in [0.5, 0.6) is 0 Å². The molecule has 0 saturated heterocycles. The monoisotopic (exact) mass is 277 g/mol. The van der Waals surface area contributed by atoms with Gasteiger partial charge in [0.25, 0.3) is 0 Å². The maximum atomic E-state index is 8.67. The van der Waals surface area contributed by atoms with Crippen LogP contribution in [-0.2, 0) is 11.3 Å². The Morgan fingerprint density at radius 3 is 2.95 bits per heavy atom. The van der Waals surface area contributed by atoms with Crippen molar-refractivity contribution in [3.63, 3.8) is 0 Å². The predicted octanol–water partition coefficient (Wildman–Crippen LogP) is 1.42. The van der Waals surface area contributed by atoms with Gasteiger partial charge < -0.3 is 10.5 Å². The molecule has 1 rings (SSSR count). The highest BCUT2D eigenvalue weighted by Gasteiger charge is 2.07. The van der Waals surface area contributed by atoms with Crippen LogP contribution in [0, 0.1) is 23.2 Å². The van der Waals surface area contributed by atoms with Crippen LogP contribution >= 0.6 is 11.3 Å². The highest BCUT2D eigenvalue weighted by atomic mass is 32.1. The molecule has 4 nitrogen and oxygen atoms in total. The van der Waals surface area contributed by atoms with Crippen LogP contribution in [0.15, 0.2) is 12.1 Å². The first-order chi connectivity index (χ1) is 9.30. The second kappa shape index (κ2) is 9.55. The van der Waals surface area contributed by atoms with Crippen LogP contribution in [-0.4, -0.2) is 38.3 Å². The minimum atomic E-state index is 0.384. The Balaban J connectivity index is 2.56. The summed E-state index contributed by atoms with van der Waals surface area (Å²) in [7, 11) is 1.69. The topological polar surface area (TPSA) is 62.3 Å². The normalized spacial score (nSPS) is 10.0. The van der Waals surface area contributed by atoms with Crippen molar-refractivity contribution in [2.75, 3.05) is 33.4 Å². The van der Waals surface area contributed by atoms with E-state index < -0.39 is 0 Å². The number of hydrogen-bond donors (Lipinski definition) is 1. The van der Waals surface area contributed by atoms with Gasteiger partial charge in [-0.2, -0.15) is 5.26 Å². The van der Waals surface area contributed by atoms with E-state index in [9.17, 15) is 0 Å². The molecule has 1 aromatic rings. The molecule has 0 spiro atoms. The number of thiophene rings is 1. The van der Waals surface area contributed by atoms with Crippen LogP contribution in [0.4, 0.5) is 0 Å². The Labute approximate surface area is 118 Å². The number of nitrogens with zero attached hydrogens (tertiary/aromatic N) is 2. The predicted molar refractivity (Wildman–Crippen MR) is 77.6 cm³/mol. The summed E-state index contributed by atoms with van der Waals surface area (Å²) in [5.41, 5.74) is 5.35. The van der Waals surface area contributed by atoms with Crippen molar-refractivity contribution in [2.45, 2.75) is 13.0 Å². The zero-order valence-electron chi connectivity index (χ0n) is 11.2. The fraction of sp³-hybridized carbons (Fsp3) is 0.500. The summed E-state index contributed by atoms with van der Waals surface area (Å²) >= 11 is 1.67. The number of nitriles is 1. The largest absolute Gasteiger partial charge is 0.383 e. The summed E-state index contributed by atoms with van der Waals surface area (Å²) in [4.78, 5) is 4.50. The van der Waals surface area contributed by atoms with Crippen LogP contribution in [0.2, 0.25) is 0 Å². The van der Waals surface area contributed by atoms with Gasteiger partial charge in [-0.25, -0.2) is 0 Å². The number of methoxy groups -OCH3 is 1. The lowest BCUT2D eigenvalue weighted by atomic mass is 10.3. The second-order valence-corrected chi connectivity index (χ2v) is 5.12. The average Bonchev–Trinajstić information content (AvgIpc) is 2.87. The fourth-order valence-corrected chi connectivity index (χ4v) is 2.51. The second-order valence-electron chi connectivity index (χ2n) is 3.95. The Kier molecular flexibility index (Phi) is 7.88. The molecule has 0 aromatic carbocycles. The molecule has 1 aromatic heterocycles. The first-order valence-electron chi connectivity index (χ1n) is 6.16. The zero-order chi connectivity index (χ0) is 13.9. The number of ether oxygens (including phenoxy) is 1. The molecule has 102 valence electrons. The van der Waals surface area contributed by atoms with Crippen molar-refractivity contribution >= 4 is 11.3 Å². The Morgan fingerprint density at radius 1 is 1.42 bits per heavy atom. The van der Waals surface area contributed by atoms with E-state index >= 15 is 0 Å². The summed E-state index contributed by atoms with van der Waals surface area (Å²) in [6, 6.07) is 6.27. The van der Waals surface area contributed by atoms with Crippen molar-refractivity contribution in [1.82, 2.24) is 4.90 Å². The van der Waals surface area contributed by atoms with Gasteiger partial charge in [0.05, 0.1) is 24.1 Å². The maximum absolute atomic E-state index is 8.67. The smallest absolute Gasteiger partial charge is 0.0772 e. The molecule has 0 aliphatic heterocycles. The average molecular weight is 277 g/mol.